The van der Waals surface area contributed by atoms with Gasteiger partial charge >= 0.3 is 6.18 Å². The van der Waals surface area contributed by atoms with Gasteiger partial charge in [0.2, 0.25) is 5.89 Å². The van der Waals surface area contributed by atoms with Gasteiger partial charge in [0.15, 0.2) is 16.8 Å². The number of H-pyrrole nitrogens is 1. The summed E-state index contributed by atoms with van der Waals surface area (Å²) >= 11 is 0. The molecule has 0 aliphatic heterocycles. The van der Waals surface area contributed by atoms with E-state index in [0.717, 1.165) is 0 Å². The van der Waals surface area contributed by atoms with Gasteiger partial charge in [-0.05, 0) is 24.6 Å². The van der Waals surface area contributed by atoms with E-state index in [4.69, 9.17) is 13.9 Å². The fourth-order valence-corrected chi connectivity index (χ4v) is 3.90. The van der Waals surface area contributed by atoms with Crippen molar-refractivity contribution in [2.24, 2.45) is 0 Å². The predicted molar refractivity (Wildman–Crippen MR) is 121 cm³/mol. The summed E-state index contributed by atoms with van der Waals surface area (Å²) in [5, 5.41) is 3.65. The fraction of sp³-hybridized carbons (Fsp3) is 0.208. The van der Waals surface area contributed by atoms with Crippen molar-refractivity contribution in [2.45, 2.75) is 13.1 Å². The topological polar surface area (TPSA) is 94.6 Å². The van der Waals surface area contributed by atoms with E-state index < -0.39 is 17.4 Å². The number of methoxy groups -OCH3 is 1. The summed E-state index contributed by atoms with van der Waals surface area (Å²) < 4.78 is 58.8. The number of oxazole rings is 1. The molecule has 0 saturated heterocycles. The maximum atomic E-state index is 13.9. The van der Waals surface area contributed by atoms with Gasteiger partial charge in [-0.15, -0.1) is 0 Å². The number of halogens is 3. The van der Waals surface area contributed by atoms with Crippen LogP contribution in [0.4, 0.5) is 13.2 Å². The minimum Gasteiger partial charge on any atom is -0.489 e. The maximum Gasteiger partial charge on any atom is 0.435 e. The molecule has 0 amide bonds. The van der Waals surface area contributed by atoms with E-state index in [0.29, 0.717) is 28.0 Å². The van der Waals surface area contributed by atoms with Crippen LogP contribution in [0.15, 0.2) is 57.7 Å². The first-order chi connectivity index (χ1) is 16.8. The fourth-order valence-electron chi connectivity index (χ4n) is 3.90. The summed E-state index contributed by atoms with van der Waals surface area (Å²) in [5.74, 6) is 0.364. The summed E-state index contributed by atoms with van der Waals surface area (Å²) in [7, 11) is 1.55. The largest absolute Gasteiger partial charge is 0.489 e. The molecule has 2 aromatic carbocycles. The van der Waals surface area contributed by atoms with Crippen LogP contribution in [-0.4, -0.2) is 39.9 Å². The van der Waals surface area contributed by atoms with Crippen molar-refractivity contribution in [1.29, 1.82) is 0 Å². The van der Waals surface area contributed by atoms with Crippen LogP contribution in [0.25, 0.3) is 39.3 Å². The SMILES string of the molecule is COCCOc1cccc2oc(-c3c(C)[nH]c4c(-c5ccccc5)c(C(F)(F)F)nn4c3=O)nc12. The Kier molecular flexibility index (Phi) is 5.56. The van der Waals surface area contributed by atoms with Crippen molar-refractivity contribution in [1.82, 2.24) is 19.6 Å². The molecule has 180 valence electrons. The van der Waals surface area contributed by atoms with Gasteiger partial charge in [-0.3, -0.25) is 4.79 Å². The highest BCUT2D eigenvalue weighted by Crippen LogP contribution is 2.38. The summed E-state index contributed by atoms with van der Waals surface area (Å²) in [6.45, 7) is 2.21. The number of aromatic amines is 1. The summed E-state index contributed by atoms with van der Waals surface area (Å²) in [4.78, 5) is 20.7. The van der Waals surface area contributed by atoms with E-state index in [1.165, 1.54) is 12.1 Å². The Labute approximate surface area is 195 Å². The van der Waals surface area contributed by atoms with Crippen molar-refractivity contribution in [2.75, 3.05) is 20.3 Å². The molecule has 0 aliphatic carbocycles. The second kappa shape index (κ2) is 8.58. The van der Waals surface area contributed by atoms with Gasteiger partial charge in [0.05, 0.1) is 12.2 Å². The zero-order chi connectivity index (χ0) is 24.7. The average molecular weight is 484 g/mol. The predicted octanol–water partition coefficient (Wildman–Crippen LogP) is 4.85. The Morgan fingerprint density at radius 3 is 2.54 bits per heavy atom. The molecule has 1 N–H and O–H groups in total. The first-order valence-electron chi connectivity index (χ1n) is 10.6. The van der Waals surface area contributed by atoms with Crippen LogP contribution >= 0.6 is 0 Å². The summed E-state index contributed by atoms with van der Waals surface area (Å²) in [5.41, 5.74) is -0.997. The molecule has 0 saturated carbocycles. The Bertz CT molecular complexity index is 1590. The van der Waals surface area contributed by atoms with E-state index in [1.807, 2.05) is 0 Å². The lowest BCUT2D eigenvalue weighted by Crippen LogP contribution is -2.20. The third-order valence-corrected chi connectivity index (χ3v) is 5.44. The Hall–Kier alpha value is -4.12. The quantitative estimate of drug-likeness (QED) is 0.346. The van der Waals surface area contributed by atoms with Crippen molar-refractivity contribution < 1.29 is 27.1 Å². The smallest absolute Gasteiger partial charge is 0.435 e. The molecule has 3 heterocycles. The van der Waals surface area contributed by atoms with Crippen molar-refractivity contribution >= 4 is 16.7 Å². The highest BCUT2D eigenvalue weighted by molar-refractivity contribution is 5.84. The minimum absolute atomic E-state index is 0.0348. The lowest BCUT2D eigenvalue weighted by Gasteiger charge is -2.07. The molecule has 3 aromatic heterocycles. The van der Waals surface area contributed by atoms with Crippen LogP contribution < -0.4 is 10.3 Å². The van der Waals surface area contributed by atoms with Crippen LogP contribution in [0.2, 0.25) is 0 Å². The number of aromatic nitrogens is 4. The lowest BCUT2D eigenvalue weighted by molar-refractivity contribution is -0.140. The monoisotopic (exact) mass is 484 g/mol. The molecule has 0 atom stereocenters. The third-order valence-electron chi connectivity index (χ3n) is 5.44. The molecular formula is C24H19F3N4O4. The lowest BCUT2D eigenvalue weighted by atomic mass is 10.1. The number of nitrogens with zero attached hydrogens (tertiary/aromatic N) is 3. The number of ether oxygens (including phenoxy) is 2. The number of fused-ring (bicyclic) bond motifs is 2. The van der Waals surface area contributed by atoms with Gasteiger partial charge in [-0.1, -0.05) is 36.4 Å². The molecule has 0 aliphatic rings. The third kappa shape index (κ3) is 3.93. The van der Waals surface area contributed by atoms with Crippen LogP contribution in [0.1, 0.15) is 11.4 Å². The first-order valence-corrected chi connectivity index (χ1v) is 10.6. The van der Waals surface area contributed by atoms with E-state index in [9.17, 15) is 18.0 Å². The molecule has 5 rings (SSSR count). The highest BCUT2D eigenvalue weighted by Gasteiger charge is 2.39. The van der Waals surface area contributed by atoms with Gasteiger partial charge < -0.3 is 18.9 Å². The Morgan fingerprint density at radius 1 is 1.06 bits per heavy atom. The molecule has 0 radical (unpaired) electrons. The summed E-state index contributed by atoms with van der Waals surface area (Å²) in [6, 6.07) is 13.0. The Morgan fingerprint density at radius 2 is 1.83 bits per heavy atom. The molecule has 11 heteroatoms. The van der Waals surface area contributed by atoms with Gasteiger partial charge in [0.1, 0.15) is 23.6 Å². The number of hydrogen-bond acceptors (Lipinski definition) is 6. The zero-order valence-electron chi connectivity index (χ0n) is 18.6. The number of hydrogen-bond donors (Lipinski definition) is 1. The van der Waals surface area contributed by atoms with E-state index in [2.05, 4.69) is 15.1 Å². The van der Waals surface area contributed by atoms with Crippen LogP contribution in [0.5, 0.6) is 5.75 Å². The minimum atomic E-state index is -4.78. The molecule has 0 spiro atoms. The van der Waals surface area contributed by atoms with Gasteiger partial charge in [0.25, 0.3) is 5.56 Å². The second-order valence-corrected chi connectivity index (χ2v) is 7.74. The summed E-state index contributed by atoms with van der Waals surface area (Å²) in [6.07, 6.45) is -4.78. The van der Waals surface area contributed by atoms with Crippen LogP contribution in [0.3, 0.4) is 0 Å². The highest BCUT2D eigenvalue weighted by atomic mass is 19.4. The number of rotatable bonds is 6. The molecule has 0 bridgehead atoms. The van der Waals surface area contributed by atoms with E-state index in [-0.39, 0.29) is 40.5 Å². The van der Waals surface area contributed by atoms with Gasteiger partial charge in [-0.2, -0.15) is 22.8 Å². The van der Waals surface area contributed by atoms with E-state index >= 15 is 0 Å². The normalized spacial score (nSPS) is 12.0. The number of para-hydroxylation sites is 1. The van der Waals surface area contributed by atoms with Crippen molar-refractivity contribution in [3.8, 4) is 28.3 Å². The van der Waals surface area contributed by atoms with Crippen LogP contribution in [0, 0.1) is 6.92 Å². The molecule has 0 fully saturated rings. The number of alkyl halides is 3. The van der Waals surface area contributed by atoms with Crippen LogP contribution in [-0.2, 0) is 10.9 Å². The van der Waals surface area contributed by atoms with Crippen molar-refractivity contribution in [3.05, 3.63) is 70.3 Å². The number of benzene rings is 2. The molecule has 35 heavy (non-hydrogen) atoms. The standard InChI is InChI=1S/C24H19F3N4O4/c1-13-17(22-29-19-15(34-12-11-33-2)9-6-10-16(19)35-22)23(32)31-21(28-13)18(14-7-4-3-5-8-14)20(30-31)24(25,26)27/h3-10,28H,11-12H2,1-2H3. The molecule has 8 nitrogen and oxygen atoms in total. The molecule has 5 aromatic rings. The van der Waals surface area contributed by atoms with Crippen molar-refractivity contribution in [3.63, 3.8) is 0 Å². The number of aryl methyl sites for hydroxylation is 1. The Balaban J connectivity index is 1.72. The second-order valence-electron chi connectivity index (χ2n) is 7.74. The zero-order valence-corrected chi connectivity index (χ0v) is 18.6. The molecular weight excluding hydrogens is 465 g/mol. The average Bonchev–Trinajstić information content (AvgIpc) is 3.42. The van der Waals surface area contributed by atoms with E-state index in [1.54, 1.807) is 50.4 Å². The van der Waals surface area contributed by atoms with Gasteiger partial charge in [0, 0.05) is 12.8 Å². The first kappa shape index (κ1) is 22.7. The molecule has 0 unspecified atom stereocenters. The number of nitrogens with one attached hydrogen (secondary N) is 1. The maximum absolute atomic E-state index is 13.9. The van der Waals surface area contributed by atoms with Gasteiger partial charge in [-0.25, -0.2) is 4.98 Å².